The predicted molar refractivity (Wildman–Crippen MR) is 108 cm³/mol. The van der Waals surface area contributed by atoms with Gasteiger partial charge in [0.2, 0.25) is 0 Å². The fourth-order valence-corrected chi connectivity index (χ4v) is 3.41. The lowest BCUT2D eigenvalue weighted by atomic mass is 10.1. The summed E-state index contributed by atoms with van der Waals surface area (Å²) in [7, 11) is 0. The van der Waals surface area contributed by atoms with Gasteiger partial charge in [0.05, 0.1) is 10.5 Å². The van der Waals surface area contributed by atoms with Crippen LogP contribution < -0.4 is 0 Å². The van der Waals surface area contributed by atoms with E-state index in [1.54, 1.807) is 18.2 Å². The summed E-state index contributed by atoms with van der Waals surface area (Å²) >= 11 is 0. The Bertz CT molecular complexity index is 1130. The molecule has 0 radical (unpaired) electrons. The zero-order chi connectivity index (χ0) is 19.5. The van der Waals surface area contributed by atoms with Crippen molar-refractivity contribution >= 4 is 16.7 Å². The first kappa shape index (κ1) is 18.0. The lowest BCUT2D eigenvalue weighted by Crippen LogP contribution is -2.04. The largest absolute Gasteiger partial charge is 0.456 e. The standard InChI is InChI=1S/C22H21N3O3/c1-2-3-8-22-23-11-12-24(22)15-16-9-10-20-17(13-16)14-21(28-20)18-6-4-5-7-19(18)25(26)27/h4-7,9-14H,2-3,8,15H2,1H3. The van der Waals surface area contributed by atoms with Gasteiger partial charge in [-0.3, -0.25) is 10.1 Å². The van der Waals surface area contributed by atoms with Crippen molar-refractivity contribution in [2.24, 2.45) is 0 Å². The third-order valence-corrected chi connectivity index (χ3v) is 4.86. The Morgan fingerprint density at radius 1 is 1.18 bits per heavy atom. The van der Waals surface area contributed by atoms with Gasteiger partial charge in [-0.25, -0.2) is 4.98 Å². The van der Waals surface area contributed by atoms with Crippen molar-refractivity contribution in [3.8, 4) is 11.3 Å². The molecule has 142 valence electrons. The van der Waals surface area contributed by atoms with E-state index in [0.717, 1.165) is 42.6 Å². The zero-order valence-corrected chi connectivity index (χ0v) is 15.7. The van der Waals surface area contributed by atoms with Crippen molar-refractivity contribution in [1.82, 2.24) is 9.55 Å². The van der Waals surface area contributed by atoms with Crippen LogP contribution >= 0.6 is 0 Å². The van der Waals surface area contributed by atoms with Crippen molar-refractivity contribution in [3.63, 3.8) is 0 Å². The quantitative estimate of drug-likeness (QED) is 0.311. The highest BCUT2D eigenvalue weighted by molar-refractivity contribution is 5.85. The average molecular weight is 375 g/mol. The van der Waals surface area contributed by atoms with Gasteiger partial charge in [-0.1, -0.05) is 31.5 Å². The van der Waals surface area contributed by atoms with Crippen LogP contribution in [0, 0.1) is 10.1 Å². The van der Waals surface area contributed by atoms with Crippen LogP contribution in [0.2, 0.25) is 0 Å². The highest BCUT2D eigenvalue weighted by Gasteiger charge is 2.18. The van der Waals surface area contributed by atoms with E-state index in [1.807, 2.05) is 30.6 Å². The van der Waals surface area contributed by atoms with Gasteiger partial charge in [0.1, 0.15) is 17.2 Å². The van der Waals surface area contributed by atoms with Gasteiger partial charge in [-0.05, 0) is 36.2 Å². The lowest BCUT2D eigenvalue weighted by Gasteiger charge is -2.07. The molecule has 0 N–H and O–H groups in total. The Hall–Kier alpha value is -3.41. The molecule has 0 aliphatic rings. The molecule has 6 nitrogen and oxygen atoms in total. The van der Waals surface area contributed by atoms with E-state index in [9.17, 15) is 10.1 Å². The maximum absolute atomic E-state index is 11.3. The highest BCUT2D eigenvalue weighted by atomic mass is 16.6. The molecule has 0 bridgehead atoms. The number of hydrogen-bond acceptors (Lipinski definition) is 4. The van der Waals surface area contributed by atoms with Gasteiger partial charge in [0.25, 0.3) is 5.69 Å². The molecule has 0 unspecified atom stereocenters. The Morgan fingerprint density at radius 3 is 2.86 bits per heavy atom. The molecule has 0 fully saturated rings. The number of nitro groups is 1. The number of furan rings is 1. The molecule has 6 heteroatoms. The molecule has 0 aliphatic carbocycles. The van der Waals surface area contributed by atoms with Crippen molar-refractivity contribution in [2.75, 3.05) is 0 Å². The first-order chi connectivity index (χ1) is 13.7. The van der Waals surface area contributed by atoms with Crippen molar-refractivity contribution in [3.05, 3.63) is 82.4 Å². The molecule has 0 saturated heterocycles. The lowest BCUT2D eigenvalue weighted by molar-refractivity contribution is -0.384. The number of para-hydroxylation sites is 1. The molecular formula is C22H21N3O3. The highest BCUT2D eigenvalue weighted by Crippen LogP contribution is 2.34. The van der Waals surface area contributed by atoms with Crippen LogP contribution in [0.15, 0.2) is 65.3 Å². The summed E-state index contributed by atoms with van der Waals surface area (Å²) < 4.78 is 8.05. The minimum absolute atomic E-state index is 0.0424. The minimum atomic E-state index is -0.384. The van der Waals surface area contributed by atoms with E-state index >= 15 is 0 Å². The Balaban J connectivity index is 1.65. The van der Waals surface area contributed by atoms with Crippen LogP contribution in [-0.2, 0) is 13.0 Å². The van der Waals surface area contributed by atoms with Gasteiger partial charge in [-0.2, -0.15) is 0 Å². The van der Waals surface area contributed by atoms with Gasteiger partial charge >= 0.3 is 0 Å². The van der Waals surface area contributed by atoms with Crippen molar-refractivity contribution < 1.29 is 9.34 Å². The van der Waals surface area contributed by atoms with Gasteiger partial charge in [0, 0.05) is 36.8 Å². The van der Waals surface area contributed by atoms with Crippen LogP contribution in [0.1, 0.15) is 31.2 Å². The number of unbranched alkanes of at least 4 members (excludes halogenated alkanes) is 1. The summed E-state index contributed by atoms with van der Waals surface area (Å²) in [6, 6.07) is 14.5. The first-order valence-electron chi connectivity index (χ1n) is 9.42. The number of nitrogens with zero attached hydrogens (tertiary/aromatic N) is 3. The maximum atomic E-state index is 11.3. The molecule has 2 aromatic carbocycles. The smallest absolute Gasteiger partial charge is 0.280 e. The van der Waals surface area contributed by atoms with E-state index in [2.05, 4.69) is 22.5 Å². The van der Waals surface area contributed by atoms with Crippen LogP contribution in [0.5, 0.6) is 0 Å². The fraction of sp³-hybridized carbons (Fsp3) is 0.227. The number of benzene rings is 2. The third kappa shape index (κ3) is 3.53. The van der Waals surface area contributed by atoms with Crippen molar-refractivity contribution in [1.29, 1.82) is 0 Å². The van der Waals surface area contributed by atoms with E-state index in [0.29, 0.717) is 16.9 Å². The molecule has 0 spiro atoms. The van der Waals surface area contributed by atoms with Gasteiger partial charge in [0.15, 0.2) is 0 Å². The molecule has 0 saturated carbocycles. The predicted octanol–water partition coefficient (Wildman–Crippen LogP) is 5.60. The van der Waals surface area contributed by atoms with Crippen LogP contribution in [0.25, 0.3) is 22.3 Å². The normalized spacial score (nSPS) is 11.2. The van der Waals surface area contributed by atoms with E-state index in [4.69, 9.17) is 4.42 Å². The number of aryl methyl sites for hydroxylation is 1. The topological polar surface area (TPSA) is 74.1 Å². The van der Waals surface area contributed by atoms with Crippen LogP contribution in [-0.4, -0.2) is 14.5 Å². The fourth-order valence-electron chi connectivity index (χ4n) is 3.41. The Kier molecular flexibility index (Phi) is 4.93. The Morgan fingerprint density at radius 2 is 2.04 bits per heavy atom. The summed E-state index contributed by atoms with van der Waals surface area (Å²) in [6.07, 6.45) is 7.08. The third-order valence-electron chi connectivity index (χ3n) is 4.86. The molecule has 4 rings (SSSR count). The second-order valence-corrected chi connectivity index (χ2v) is 6.83. The number of fused-ring (bicyclic) bond motifs is 1. The summed E-state index contributed by atoms with van der Waals surface area (Å²) in [5, 5.41) is 12.2. The second kappa shape index (κ2) is 7.68. The summed E-state index contributed by atoms with van der Waals surface area (Å²) in [5.74, 6) is 1.60. The molecule has 0 atom stereocenters. The molecule has 2 heterocycles. The number of rotatable bonds is 7. The number of nitro benzene ring substituents is 1. The molecule has 0 aliphatic heterocycles. The first-order valence-corrected chi connectivity index (χ1v) is 9.42. The number of aromatic nitrogens is 2. The monoisotopic (exact) mass is 375 g/mol. The molecular weight excluding hydrogens is 354 g/mol. The van der Waals surface area contributed by atoms with E-state index in [-0.39, 0.29) is 10.6 Å². The molecule has 28 heavy (non-hydrogen) atoms. The number of hydrogen-bond donors (Lipinski definition) is 0. The molecule has 4 aromatic rings. The van der Waals surface area contributed by atoms with Gasteiger partial charge < -0.3 is 8.98 Å². The second-order valence-electron chi connectivity index (χ2n) is 6.83. The van der Waals surface area contributed by atoms with Crippen LogP contribution in [0.4, 0.5) is 5.69 Å². The maximum Gasteiger partial charge on any atom is 0.280 e. The molecule has 2 aromatic heterocycles. The van der Waals surface area contributed by atoms with E-state index in [1.165, 1.54) is 6.07 Å². The van der Waals surface area contributed by atoms with Crippen molar-refractivity contribution in [2.45, 2.75) is 32.7 Å². The van der Waals surface area contributed by atoms with Gasteiger partial charge in [-0.15, -0.1) is 0 Å². The SMILES string of the molecule is CCCCc1nccn1Cc1ccc2oc(-c3ccccc3[N+](=O)[O-])cc2c1. The zero-order valence-electron chi connectivity index (χ0n) is 15.7. The average Bonchev–Trinajstić information content (AvgIpc) is 3.32. The summed E-state index contributed by atoms with van der Waals surface area (Å²) in [5.41, 5.74) is 2.38. The molecule has 0 amide bonds. The number of imidazole rings is 1. The van der Waals surface area contributed by atoms with E-state index < -0.39 is 0 Å². The Labute approximate surface area is 162 Å². The summed E-state index contributed by atoms with van der Waals surface area (Å²) in [4.78, 5) is 15.4. The minimum Gasteiger partial charge on any atom is -0.456 e. The summed E-state index contributed by atoms with van der Waals surface area (Å²) in [6.45, 7) is 2.91. The van der Waals surface area contributed by atoms with Crippen LogP contribution in [0.3, 0.4) is 0 Å².